The van der Waals surface area contributed by atoms with Crippen LogP contribution in [0.25, 0.3) is 0 Å². The van der Waals surface area contributed by atoms with Crippen LogP contribution in [-0.4, -0.2) is 23.8 Å². The zero-order valence-electron chi connectivity index (χ0n) is 8.21. The van der Waals surface area contributed by atoms with Crippen molar-refractivity contribution in [2.75, 3.05) is 6.54 Å². The van der Waals surface area contributed by atoms with Crippen molar-refractivity contribution in [2.45, 2.75) is 25.0 Å². The standard InChI is InChI=1S/C11H13F2NO/c12-8-1-2-9(13)7(5-8)6-10-11(15)3-4-14-10/h1-2,5,10-11,14-15H,3-4,6H2. The van der Waals surface area contributed by atoms with E-state index in [-0.39, 0.29) is 6.04 Å². The zero-order valence-corrected chi connectivity index (χ0v) is 8.21. The van der Waals surface area contributed by atoms with Crippen molar-refractivity contribution in [2.24, 2.45) is 0 Å². The molecule has 82 valence electrons. The summed E-state index contributed by atoms with van der Waals surface area (Å²) in [4.78, 5) is 0. The van der Waals surface area contributed by atoms with Crippen LogP contribution in [0.3, 0.4) is 0 Å². The van der Waals surface area contributed by atoms with Gasteiger partial charge in [-0.2, -0.15) is 0 Å². The number of halogens is 2. The minimum absolute atomic E-state index is 0.165. The predicted molar refractivity (Wildman–Crippen MR) is 52.5 cm³/mol. The molecule has 2 atom stereocenters. The molecule has 0 aliphatic carbocycles. The first-order chi connectivity index (χ1) is 7.16. The van der Waals surface area contributed by atoms with E-state index in [0.717, 1.165) is 18.7 Å². The lowest BCUT2D eigenvalue weighted by Gasteiger charge is -2.15. The maximum Gasteiger partial charge on any atom is 0.126 e. The van der Waals surface area contributed by atoms with E-state index in [4.69, 9.17) is 0 Å². The predicted octanol–water partition coefficient (Wildman–Crippen LogP) is 1.23. The highest BCUT2D eigenvalue weighted by Gasteiger charge is 2.25. The summed E-state index contributed by atoms with van der Waals surface area (Å²) in [5, 5.41) is 12.6. The third-order valence-electron chi connectivity index (χ3n) is 2.76. The molecule has 1 heterocycles. The number of aliphatic hydroxyl groups excluding tert-OH is 1. The number of benzene rings is 1. The highest BCUT2D eigenvalue weighted by molar-refractivity contribution is 5.20. The molecule has 0 spiro atoms. The van der Waals surface area contributed by atoms with Gasteiger partial charge in [-0.15, -0.1) is 0 Å². The van der Waals surface area contributed by atoms with Crippen LogP contribution in [-0.2, 0) is 6.42 Å². The molecule has 2 unspecified atom stereocenters. The van der Waals surface area contributed by atoms with Crippen molar-refractivity contribution >= 4 is 0 Å². The van der Waals surface area contributed by atoms with E-state index in [9.17, 15) is 13.9 Å². The molecular formula is C11H13F2NO. The molecule has 0 amide bonds. The van der Waals surface area contributed by atoms with Crippen LogP contribution in [0.1, 0.15) is 12.0 Å². The maximum absolute atomic E-state index is 13.3. The third kappa shape index (κ3) is 2.33. The fourth-order valence-corrected chi connectivity index (χ4v) is 1.90. The van der Waals surface area contributed by atoms with Crippen LogP contribution in [0, 0.1) is 11.6 Å². The number of nitrogens with one attached hydrogen (secondary N) is 1. The SMILES string of the molecule is OC1CCNC1Cc1cc(F)ccc1F. The van der Waals surface area contributed by atoms with Crippen molar-refractivity contribution < 1.29 is 13.9 Å². The molecule has 0 saturated carbocycles. The third-order valence-corrected chi connectivity index (χ3v) is 2.76. The average Bonchev–Trinajstić information content (AvgIpc) is 2.58. The molecule has 2 nitrogen and oxygen atoms in total. The van der Waals surface area contributed by atoms with Crippen molar-refractivity contribution in [1.82, 2.24) is 5.32 Å². The van der Waals surface area contributed by atoms with Crippen LogP contribution in [0.4, 0.5) is 8.78 Å². The van der Waals surface area contributed by atoms with Gasteiger partial charge in [-0.05, 0) is 43.1 Å². The first-order valence-electron chi connectivity index (χ1n) is 5.02. The van der Waals surface area contributed by atoms with Crippen molar-refractivity contribution in [3.8, 4) is 0 Å². The Hall–Kier alpha value is -1.00. The van der Waals surface area contributed by atoms with Crippen molar-refractivity contribution in [1.29, 1.82) is 0 Å². The second-order valence-corrected chi connectivity index (χ2v) is 3.86. The van der Waals surface area contributed by atoms with Gasteiger partial charge in [0.05, 0.1) is 6.10 Å². The lowest BCUT2D eigenvalue weighted by Crippen LogP contribution is -2.32. The lowest BCUT2D eigenvalue weighted by atomic mass is 10.0. The second-order valence-electron chi connectivity index (χ2n) is 3.86. The van der Waals surface area contributed by atoms with E-state index < -0.39 is 17.7 Å². The first-order valence-corrected chi connectivity index (χ1v) is 5.02. The normalized spacial score (nSPS) is 25.8. The lowest BCUT2D eigenvalue weighted by molar-refractivity contribution is 0.158. The molecule has 1 saturated heterocycles. The van der Waals surface area contributed by atoms with Gasteiger partial charge in [-0.3, -0.25) is 0 Å². The Kier molecular flexibility index (Phi) is 2.98. The molecular weight excluding hydrogens is 200 g/mol. The van der Waals surface area contributed by atoms with Gasteiger partial charge in [0.15, 0.2) is 0 Å². The summed E-state index contributed by atoms with van der Waals surface area (Å²) in [6.45, 7) is 0.725. The molecule has 4 heteroatoms. The summed E-state index contributed by atoms with van der Waals surface area (Å²) in [6.07, 6.45) is 0.527. The van der Waals surface area contributed by atoms with E-state index in [1.807, 2.05) is 0 Å². The Morgan fingerprint density at radius 3 is 2.87 bits per heavy atom. The van der Waals surface area contributed by atoms with Crippen LogP contribution in [0.5, 0.6) is 0 Å². The molecule has 1 fully saturated rings. The summed E-state index contributed by atoms with van der Waals surface area (Å²) in [6, 6.07) is 3.23. The number of aliphatic hydroxyl groups is 1. The van der Waals surface area contributed by atoms with Gasteiger partial charge in [0.2, 0.25) is 0 Å². The molecule has 0 bridgehead atoms. The van der Waals surface area contributed by atoms with Gasteiger partial charge in [-0.1, -0.05) is 0 Å². The van der Waals surface area contributed by atoms with E-state index in [1.165, 1.54) is 6.07 Å². The smallest absolute Gasteiger partial charge is 0.126 e. The summed E-state index contributed by atoms with van der Waals surface area (Å²) in [5.41, 5.74) is 0.313. The highest BCUT2D eigenvalue weighted by atomic mass is 19.1. The van der Waals surface area contributed by atoms with Gasteiger partial charge in [0.1, 0.15) is 11.6 Å². The van der Waals surface area contributed by atoms with Crippen LogP contribution in [0.15, 0.2) is 18.2 Å². The fraction of sp³-hybridized carbons (Fsp3) is 0.455. The zero-order chi connectivity index (χ0) is 10.8. The molecule has 1 aliphatic rings. The van der Waals surface area contributed by atoms with Gasteiger partial charge in [0, 0.05) is 6.04 Å². The summed E-state index contributed by atoms with van der Waals surface area (Å²) >= 11 is 0. The summed E-state index contributed by atoms with van der Waals surface area (Å²) < 4.78 is 26.1. The Balaban J connectivity index is 2.12. The molecule has 1 aliphatic heterocycles. The van der Waals surface area contributed by atoms with Crippen molar-refractivity contribution in [3.05, 3.63) is 35.4 Å². The molecule has 15 heavy (non-hydrogen) atoms. The largest absolute Gasteiger partial charge is 0.391 e. The van der Waals surface area contributed by atoms with Crippen LogP contribution < -0.4 is 5.32 Å². The maximum atomic E-state index is 13.3. The van der Waals surface area contributed by atoms with Crippen LogP contribution >= 0.6 is 0 Å². The molecule has 1 aromatic rings. The van der Waals surface area contributed by atoms with E-state index in [1.54, 1.807) is 0 Å². The number of hydrogen-bond acceptors (Lipinski definition) is 2. The van der Waals surface area contributed by atoms with Gasteiger partial charge >= 0.3 is 0 Å². The molecule has 0 aromatic heterocycles. The molecule has 1 aromatic carbocycles. The molecule has 2 N–H and O–H groups in total. The quantitative estimate of drug-likeness (QED) is 0.774. The van der Waals surface area contributed by atoms with Crippen LogP contribution in [0.2, 0.25) is 0 Å². The average molecular weight is 213 g/mol. The van der Waals surface area contributed by atoms with E-state index >= 15 is 0 Å². The minimum atomic E-state index is -0.465. The Labute approximate surface area is 86.9 Å². The van der Waals surface area contributed by atoms with Gasteiger partial charge in [-0.25, -0.2) is 8.78 Å². The van der Waals surface area contributed by atoms with E-state index in [0.29, 0.717) is 18.4 Å². The minimum Gasteiger partial charge on any atom is -0.391 e. The highest BCUT2D eigenvalue weighted by Crippen LogP contribution is 2.16. The topological polar surface area (TPSA) is 32.3 Å². The summed E-state index contributed by atoms with van der Waals surface area (Å²) in [7, 11) is 0. The first kappa shape index (κ1) is 10.5. The Morgan fingerprint density at radius 2 is 2.20 bits per heavy atom. The Bertz CT molecular complexity index is 356. The molecule has 2 rings (SSSR count). The monoisotopic (exact) mass is 213 g/mol. The Morgan fingerprint density at radius 1 is 1.40 bits per heavy atom. The van der Waals surface area contributed by atoms with Crippen molar-refractivity contribution in [3.63, 3.8) is 0 Å². The van der Waals surface area contributed by atoms with E-state index in [2.05, 4.69) is 5.32 Å². The number of hydrogen-bond donors (Lipinski definition) is 2. The second kappa shape index (κ2) is 4.24. The fourth-order valence-electron chi connectivity index (χ4n) is 1.90. The van der Waals surface area contributed by atoms with Gasteiger partial charge in [0.25, 0.3) is 0 Å². The van der Waals surface area contributed by atoms with Gasteiger partial charge < -0.3 is 10.4 Å². The molecule has 0 radical (unpaired) electrons. The summed E-state index contributed by atoms with van der Waals surface area (Å²) in [5.74, 6) is -0.865. The number of rotatable bonds is 2.